The molecule has 43 heavy (non-hydrogen) atoms. The molecular weight excluding hydrogens is 520 g/mol. The average molecular weight is 547 g/mol. The third-order valence-electron chi connectivity index (χ3n) is 8.85. The minimum absolute atomic E-state index is 1.13. The molecule has 0 N–H and O–H groups in total. The molecule has 0 saturated heterocycles. The van der Waals surface area contributed by atoms with E-state index in [1.807, 2.05) is 18.5 Å². The van der Waals surface area contributed by atoms with Gasteiger partial charge in [-0.1, -0.05) is 121 Å². The fraction of sp³-hybridized carbons (Fsp3) is 0. The number of para-hydroxylation sites is 1. The lowest BCUT2D eigenvalue weighted by molar-refractivity contribution is 1.21. The maximum Gasteiger partial charge on any atom is 0.0619 e. The Morgan fingerprint density at radius 1 is 0.395 bits per heavy atom. The van der Waals surface area contributed by atoms with Crippen LogP contribution in [0.15, 0.2) is 158 Å². The Morgan fingerprint density at radius 3 is 1.86 bits per heavy atom. The summed E-state index contributed by atoms with van der Waals surface area (Å²) in [6.07, 6.45) is 3.72. The predicted molar refractivity (Wildman–Crippen MR) is 182 cm³/mol. The van der Waals surface area contributed by atoms with Crippen LogP contribution < -0.4 is 0 Å². The molecule has 9 aromatic rings. The molecule has 0 saturated carbocycles. The summed E-state index contributed by atoms with van der Waals surface area (Å²) in [4.78, 5) is 4.27. The van der Waals surface area contributed by atoms with Crippen molar-refractivity contribution in [1.29, 1.82) is 0 Å². The van der Waals surface area contributed by atoms with Gasteiger partial charge in [0.25, 0.3) is 0 Å². The molecule has 0 radical (unpaired) electrons. The smallest absolute Gasteiger partial charge is 0.0619 e. The van der Waals surface area contributed by atoms with Gasteiger partial charge in [0.15, 0.2) is 0 Å². The zero-order valence-corrected chi connectivity index (χ0v) is 23.4. The van der Waals surface area contributed by atoms with Crippen molar-refractivity contribution in [3.63, 3.8) is 0 Å². The Morgan fingerprint density at radius 2 is 1.05 bits per heavy atom. The van der Waals surface area contributed by atoms with Gasteiger partial charge in [0, 0.05) is 33.9 Å². The van der Waals surface area contributed by atoms with Crippen molar-refractivity contribution in [2.75, 3.05) is 0 Å². The molecule has 0 unspecified atom stereocenters. The fourth-order valence-electron chi connectivity index (χ4n) is 6.83. The summed E-state index contributed by atoms with van der Waals surface area (Å²) in [5.41, 5.74) is 8.40. The van der Waals surface area contributed by atoms with E-state index >= 15 is 0 Å². The zero-order chi connectivity index (χ0) is 28.3. The number of benzene rings is 7. The molecule has 2 heterocycles. The normalized spacial score (nSPS) is 11.7. The number of hydrogen-bond donors (Lipinski definition) is 0. The van der Waals surface area contributed by atoms with Crippen LogP contribution in [0.3, 0.4) is 0 Å². The van der Waals surface area contributed by atoms with Crippen molar-refractivity contribution in [3.8, 4) is 27.9 Å². The van der Waals surface area contributed by atoms with Crippen LogP contribution in [0.4, 0.5) is 0 Å². The van der Waals surface area contributed by atoms with Crippen LogP contribution in [0, 0.1) is 0 Å². The van der Waals surface area contributed by atoms with Gasteiger partial charge in [-0.05, 0) is 68.1 Å². The number of fused-ring (bicyclic) bond motifs is 8. The Bertz CT molecular complexity index is 2490. The molecule has 0 spiro atoms. The lowest BCUT2D eigenvalue weighted by Crippen LogP contribution is -1.97. The summed E-state index contributed by atoms with van der Waals surface area (Å²) in [5, 5.41) is 10.1. The molecule has 200 valence electrons. The summed E-state index contributed by atoms with van der Waals surface area (Å²) in [5.74, 6) is 0. The lowest BCUT2D eigenvalue weighted by Gasteiger charge is -2.15. The molecule has 0 fully saturated rings. The first-order valence-corrected chi connectivity index (χ1v) is 14.7. The second kappa shape index (κ2) is 9.40. The summed E-state index contributed by atoms with van der Waals surface area (Å²) < 4.78 is 2.49. The molecule has 2 nitrogen and oxygen atoms in total. The van der Waals surface area contributed by atoms with Crippen LogP contribution in [0.5, 0.6) is 0 Å². The molecule has 0 aliphatic carbocycles. The predicted octanol–water partition coefficient (Wildman–Crippen LogP) is 11.0. The molecule has 0 atom stereocenters. The first kappa shape index (κ1) is 23.9. The molecule has 9 rings (SSSR count). The van der Waals surface area contributed by atoms with E-state index in [1.165, 1.54) is 76.5 Å². The molecule has 2 heteroatoms. The Balaban J connectivity index is 1.29. The first-order valence-electron chi connectivity index (χ1n) is 14.7. The Labute approximate surface area is 249 Å². The van der Waals surface area contributed by atoms with Gasteiger partial charge >= 0.3 is 0 Å². The second-order valence-electron chi connectivity index (χ2n) is 11.2. The average Bonchev–Trinajstić information content (AvgIpc) is 3.43. The van der Waals surface area contributed by atoms with Crippen LogP contribution >= 0.6 is 0 Å². The highest BCUT2D eigenvalue weighted by Gasteiger charge is 2.18. The monoisotopic (exact) mass is 546 g/mol. The van der Waals surface area contributed by atoms with Gasteiger partial charge in [-0.25, -0.2) is 0 Å². The van der Waals surface area contributed by atoms with Crippen LogP contribution in [0.1, 0.15) is 0 Å². The van der Waals surface area contributed by atoms with E-state index in [0.29, 0.717) is 0 Å². The second-order valence-corrected chi connectivity index (χ2v) is 11.2. The van der Waals surface area contributed by atoms with E-state index in [-0.39, 0.29) is 0 Å². The van der Waals surface area contributed by atoms with Gasteiger partial charge < -0.3 is 4.57 Å². The van der Waals surface area contributed by atoms with Gasteiger partial charge in [-0.2, -0.15) is 0 Å². The van der Waals surface area contributed by atoms with Crippen molar-refractivity contribution in [3.05, 3.63) is 158 Å². The van der Waals surface area contributed by atoms with E-state index in [9.17, 15) is 0 Å². The van der Waals surface area contributed by atoms with Crippen LogP contribution in [-0.2, 0) is 0 Å². The van der Waals surface area contributed by atoms with Crippen molar-refractivity contribution in [2.24, 2.45) is 0 Å². The van der Waals surface area contributed by atoms with Gasteiger partial charge in [0.05, 0.1) is 16.7 Å². The summed E-state index contributed by atoms with van der Waals surface area (Å²) in [7, 11) is 0. The lowest BCUT2D eigenvalue weighted by atomic mass is 9.97. The molecule has 7 aromatic carbocycles. The van der Waals surface area contributed by atoms with Crippen LogP contribution in [0.25, 0.3) is 82.1 Å². The fourth-order valence-corrected chi connectivity index (χ4v) is 6.83. The van der Waals surface area contributed by atoms with Gasteiger partial charge in [0.1, 0.15) is 0 Å². The number of nitrogens with zero attached hydrogens (tertiary/aromatic N) is 2. The van der Waals surface area contributed by atoms with Crippen LogP contribution in [-0.4, -0.2) is 9.55 Å². The minimum Gasteiger partial charge on any atom is -0.308 e. The minimum atomic E-state index is 1.13. The first-order chi connectivity index (χ1) is 21.3. The Hall–Kier alpha value is -5.73. The van der Waals surface area contributed by atoms with Gasteiger partial charge in [0.2, 0.25) is 0 Å². The number of rotatable bonds is 3. The molecule has 0 aliphatic rings. The van der Waals surface area contributed by atoms with Crippen molar-refractivity contribution >= 4 is 54.1 Å². The molecule has 0 amide bonds. The highest BCUT2D eigenvalue weighted by atomic mass is 15.0. The van der Waals surface area contributed by atoms with Gasteiger partial charge in [-0.15, -0.1) is 0 Å². The van der Waals surface area contributed by atoms with Crippen molar-refractivity contribution in [1.82, 2.24) is 9.55 Å². The van der Waals surface area contributed by atoms with E-state index in [0.717, 1.165) is 5.56 Å². The quantitative estimate of drug-likeness (QED) is 0.202. The van der Waals surface area contributed by atoms with Crippen molar-refractivity contribution in [2.45, 2.75) is 0 Å². The maximum absolute atomic E-state index is 4.27. The number of pyridine rings is 1. The summed E-state index contributed by atoms with van der Waals surface area (Å²) in [6.45, 7) is 0. The standard InChI is InChI=1S/C41H26N2/c1-2-10-33-30(8-1)25-40(36-12-4-3-11-35(33)36)43-39-14-6-5-13-37(39)38-22-20-31-24-29(19-21-34(31)41(38)43)27-15-17-28(18-16-27)32-9-7-23-42-26-32/h1-26H. The van der Waals surface area contributed by atoms with E-state index in [2.05, 4.69) is 149 Å². The number of aromatic nitrogens is 2. The highest BCUT2D eigenvalue weighted by Crippen LogP contribution is 2.41. The third kappa shape index (κ3) is 3.70. The van der Waals surface area contributed by atoms with Crippen molar-refractivity contribution < 1.29 is 0 Å². The molecule has 0 bridgehead atoms. The van der Waals surface area contributed by atoms with E-state index in [4.69, 9.17) is 0 Å². The largest absolute Gasteiger partial charge is 0.308 e. The van der Waals surface area contributed by atoms with Crippen LogP contribution in [0.2, 0.25) is 0 Å². The SMILES string of the molecule is c1cncc(-c2ccc(-c3ccc4c(ccc5c6ccccc6n(-c6cc7ccccc7c7ccccc67)c45)c3)cc2)c1. The zero-order valence-electron chi connectivity index (χ0n) is 23.4. The van der Waals surface area contributed by atoms with E-state index in [1.54, 1.807) is 0 Å². The Kier molecular flexibility index (Phi) is 5.23. The molecule has 0 aliphatic heterocycles. The molecular formula is C41H26N2. The summed E-state index contributed by atoms with van der Waals surface area (Å²) in [6, 6.07) is 53.0. The molecule has 2 aromatic heterocycles. The maximum atomic E-state index is 4.27. The number of hydrogen-bond acceptors (Lipinski definition) is 1. The topological polar surface area (TPSA) is 17.8 Å². The third-order valence-corrected chi connectivity index (χ3v) is 8.85. The van der Waals surface area contributed by atoms with Gasteiger partial charge in [-0.3, -0.25) is 4.98 Å². The highest BCUT2D eigenvalue weighted by molar-refractivity contribution is 6.21. The van der Waals surface area contributed by atoms with E-state index < -0.39 is 0 Å². The summed E-state index contributed by atoms with van der Waals surface area (Å²) >= 11 is 0.